The zero-order valence-electron chi connectivity index (χ0n) is 13.9. The Kier molecular flexibility index (Phi) is 4.34. The maximum Gasteiger partial charge on any atom is 0.242 e. The predicted molar refractivity (Wildman–Crippen MR) is 93.7 cm³/mol. The molecule has 0 spiro atoms. The maximum atomic E-state index is 12.8. The summed E-state index contributed by atoms with van der Waals surface area (Å²) in [5, 5.41) is 7.34. The van der Waals surface area contributed by atoms with Crippen molar-refractivity contribution in [1.82, 2.24) is 14.7 Å². The Morgan fingerprint density at radius 1 is 1.21 bits per heavy atom. The quantitative estimate of drug-likeness (QED) is 0.889. The number of amides is 1. The fourth-order valence-corrected chi connectivity index (χ4v) is 3.60. The number of carbonyl (C=O) groups excluding carboxylic acids is 1. The molecule has 0 bridgehead atoms. The number of carbonyl (C=O) groups is 1. The van der Waals surface area contributed by atoms with Gasteiger partial charge >= 0.3 is 0 Å². The Bertz CT molecular complexity index is 670. The van der Waals surface area contributed by atoms with E-state index in [9.17, 15) is 4.79 Å². The van der Waals surface area contributed by atoms with E-state index in [-0.39, 0.29) is 11.9 Å². The van der Waals surface area contributed by atoms with Gasteiger partial charge in [-0.1, -0.05) is 12.1 Å². The summed E-state index contributed by atoms with van der Waals surface area (Å²) in [7, 11) is 0. The van der Waals surface area contributed by atoms with Crippen LogP contribution in [-0.2, 0) is 11.3 Å². The van der Waals surface area contributed by atoms with Crippen LogP contribution in [0.5, 0.6) is 0 Å². The third kappa shape index (κ3) is 3.51. The van der Waals surface area contributed by atoms with Gasteiger partial charge in [0.1, 0.15) is 0 Å². The minimum atomic E-state index is 0.0660. The maximum absolute atomic E-state index is 12.8. The molecule has 2 fully saturated rings. The van der Waals surface area contributed by atoms with E-state index in [2.05, 4.69) is 27.4 Å². The second kappa shape index (κ2) is 6.77. The molecule has 2 aliphatic rings. The van der Waals surface area contributed by atoms with Crippen molar-refractivity contribution in [2.75, 3.05) is 18.4 Å². The van der Waals surface area contributed by atoms with Gasteiger partial charge in [0.05, 0.1) is 12.6 Å². The summed E-state index contributed by atoms with van der Waals surface area (Å²) in [5.74, 6) is 0.724. The molecule has 0 unspecified atom stereocenters. The number of hydrogen-bond acceptors (Lipinski definition) is 3. The normalized spacial score (nSPS) is 19.3. The van der Waals surface area contributed by atoms with E-state index in [1.54, 1.807) is 6.20 Å². The molecule has 126 valence electrons. The van der Waals surface area contributed by atoms with Crippen LogP contribution in [0.2, 0.25) is 0 Å². The Balaban J connectivity index is 1.39. The van der Waals surface area contributed by atoms with E-state index in [1.165, 1.54) is 31.2 Å². The lowest BCUT2D eigenvalue weighted by atomic mass is 10.1. The number of benzene rings is 1. The van der Waals surface area contributed by atoms with Gasteiger partial charge in [0.25, 0.3) is 0 Å². The molecule has 0 radical (unpaired) electrons. The van der Waals surface area contributed by atoms with Crippen LogP contribution in [0.4, 0.5) is 5.69 Å². The van der Waals surface area contributed by atoms with Gasteiger partial charge in [0.2, 0.25) is 5.91 Å². The molecule has 1 atom stereocenters. The van der Waals surface area contributed by atoms with Gasteiger partial charge in [-0.2, -0.15) is 5.10 Å². The largest absolute Gasteiger partial charge is 0.325 e. The van der Waals surface area contributed by atoms with E-state index < -0.39 is 0 Å². The van der Waals surface area contributed by atoms with Crippen LogP contribution in [0, 0.1) is 5.92 Å². The molecule has 2 heterocycles. The lowest BCUT2D eigenvalue weighted by Crippen LogP contribution is -2.44. The lowest BCUT2D eigenvalue weighted by molar-refractivity contribution is -0.121. The topological polar surface area (TPSA) is 50.2 Å². The van der Waals surface area contributed by atoms with Crippen LogP contribution in [-0.4, -0.2) is 39.7 Å². The molecule has 1 saturated carbocycles. The van der Waals surface area contributed by atoms with Gasteiger partial charge in [0.15, 0.2) is 0 Å². The summed E-state index contributed by atoms with van der Waals surface area (Å²) in [6.07, 6.45) is 8.56. The van der Waals surface area contributed by atoms with E-state index in [4.69, 9.17) is 0 Å². The summed E-state index contributed by atoms with van der Waals surface area (Å²) in [6, 6.07) is 10.1. The number of nitrogens with zero attached hydrogens (tertiary/aromatic N) is 3. The Hall–Kier alpha value is -2.14. The molecule has 5 nitrogen and oxygen atoms in total. The SMILES string of the molecule is O=C(Nc1ccc(Cn2cccn2)cc1)[C@H](C1CC1)N1CCCC1. The Labute approximate surface area is 142 Å². The van der Waals surface area contributed by atoms with Crippen LogP contribution in [0.1, 0.15) is 31.2 Å². The molecule has 4 rings (SSSR count). The first-order valence-electron chi connectivity index (χ1n) is 8.91. The van der Waals surface area contributed by atoms with E-state index in [0.29, 0.717) is 5.92 Å². The fraction of sp³-hybridized carbons (Fsp3) is 0.474. The van der Waals surface area contributed by atoms with E-state index in [1.807, 2.05) is 29.1 Å². The highest BCUT2D eigenvalue weighted by molar-refractivity contribution is 5.95. The van der Waals surface area contributed by atoms with Crippen molar-refractivity contribution in [2.24, 2.45) is 5.92 Å². The second-order valence-corrected chi connectivity index (χ2v) is 6.92. The molecule has 1 N–H and O–H groups in total. The number of hydrogen-bond donors (Lipinski definition) is 1. The van der Waals surface area contributed by atoms with Gasteiger partial charge in [-0.25, -0.2) is 0 Å². The van der Waals surface area contributed by atoms with Crippen molar-refractivity contribution in [3.8, 4) is 0 Å². The zero-order valence-corrected chi connectivity index (χ0v) is 13.9. The zero-order chi connectivity index (χ0) is 16.4. The Morgan fingerprint density at radius 3 is 2.58 bits per heavy atom. The third-order valence-electron chi connectivity index (χ3n) is 5.00. The first kappa shape index (κ1) is 15.4. The summed E-state index contributed by atoms with van der Waals surface area (Å²) < 4.78 is 1.89. The minimum Gasteiger partial charge on any atom is -0.325 e. The summed E-state index contributed by atoms with van der Waals surface area (Å²) in [6.45, 7) is 2.88. The minimum absolute atomic E-state index is 0.0660. The van der Waals surface area contributed by atoms with Gasteiger partial charge in [-0.3, -0.25) is 14.4 Å². The number of rotatable bonds is 6. The highest BCUT2D eigenvalue weighted by atomic mass is 16.2. The van der Waals surface area contributed by atoms with Crippen molar-refractivity contribution in [3.63, 3.8) is 0 Å². The number of nitrogens with one attached hydrogen (secondary N) is 1. The molecule has 1 aliphatic carbocycles. The van der Waals surface area contributed by atoms with Crippen LogP contribution < -0.4 is 5.32 Å². The average molecular weight is 324 g/mol. The molecule has 1 amide bonds. The van der Waals surface area contributed by atoms with Crippen molar-refractivity contribution in [2.45, 2.75) is 38.3 Å². The molecule has 2 aromatic rings. The van der Waals surface area contributed by atoms with Crippen molar-refractivity contribution in [3.05, 3.63) is 48.3 Å². The highest BCUT2D eigenvalue weighted by Gasteiger charge is 2.40. The van der Waals surface area contributed by atoms with Gasteiger partial charge < -0.3 is 5.32 Å². The fourth-order valence-electron chi connectivity index (χ4n) is 3.60. The predicted octanol–water partition coefficient (Wildman–Crippen LogP) is 2.74. The highest BCUT2D eigenvalue weighted by Crippen LogP contribution is 2.37. The van der Waals surface area contributed by atoms with Crippen LogP contribution in [0.25, 0.3) is 0 Å². The van der Waals surface area contributed by atoms with Gasteiger partial charge in [-0.15, -0.1) is 0 Å². The monoisotopic (exact) mass is 324 g/mol. The number of likely N-dealkylation sites (tertiary alicyclic amines) is 1. The molecule has 24 heavy (non-hydrogen) atoms. The van der Waals surface area contributed by atoms with Crippen LogP contribution in [0.15, 0.2) is 42.7 Å². The molecule has 1 aliphatic heterocycles. The molecule has 1 aromatic carbocycles. The molecule has 5 heteroatoms. The second-order valence-electron chi connectivity index (χ2n) is 6.92. The standard InChI is InChI=1S/C19H24N4O/c24-19(18(16-6-7-16)22-11-1-2-12-22)21-17-8-4-15(5-9-17)14-23-13-3-10-20-23/h3-5,8-10,13,16,18H,1-2,6-7,11-12,14H2,(H,21,24)/t18-/m0/s1. The average Bonchev–Trinajstić information content (AvgIpc) is 3.05. The molecular formula is C19H24N4O. The number of aromatic nitrogens is 2. The van der Waals surface area contributed by atoms with Crippen molar-refractivity contribution in [1.29, 1.82) is 0 Å². The first-order chi connectivity index (χ1) is 11.8. The van der Waals surface area contributed by atoms with Crippen molar-refractivity contribution >= 4 is 11.6 Å². The molecule has 1 saturated heterocycles. The summed E-state index contributed by atoms with van der Waals surface area (Å²) in [5.41, 5.74) is 2.06. The first-order valence-corrected chi connectivity index (χ1v) is 8.91. The van der Waals surface area contributed by atoms with Crippen LogP contribution in [0.3, 0.4) is 0 Å². The van der Waals surface area contributed by atoms with Crippen molar-refractivity contribution < 1.29 is 4.79 Å². The third-order valence-corrected chi connectivity index (χ3v) is 5.00. The number of anilines is 1. The molecule has 1 aromatic heterocycles. The summed E-state index contributed by atoms with van der Waals surface area (Å²) >= 11 is 0. The molecular weight excluding hydrogens is 300 g/mol. The summed E-state index contributed by atoms with van der Waals surface area (Å²) in [4.78, 5) is 15.1. The van der Waals surface area contributed by atoms with Gasteiger partial charge in [-0.05, 0) is 68.5 Å². The van der Waals surface area contributed by atoms with Crippen LogP contribution >= 0.6 is 0 Å². The Morgan fingerprint density at radius 2 is 1.96 bits per heavy atom. The van der Waals surface area contributed by atoms with E-state index >= 15 is 0 Å². The van der Waals surface area contributed by atoms with E-state index in [0.717, 1.165) is 25.3 Å². The van der Waals surface area contributed by atoms with Gasteiger partial charge in [0, 0.05) is 18.1 Å². The smallest absolute Gasteiger partial charge is 0.242 e. The lowest BCUT2D eigenvalue weighted by Gasteiger charge is -2.26.